The molecule has 1 aromatic heterocycles. The van der Waals surface area contributed by atoms with Crippen molar-refractivity contribution in [3.05, 3.63) is 64.4 Å². The minimum atomic E-state index is -1.47. The summed E-state index contributed by atoms with van der Waals surface area (Å²) in [5.74, 6) is -0.333. The molecule has 2 heterocycles. The molecular formula is C17H16BrN3O2. The lowest BCUT2D eigenvalue weighted by molar-refractivity contribution is -0.0766. The Morgan fingerprint density at radius 2 is 1.91 bits per heavy atom. The van der Waals surface area contributed by atoms with Gasteiger partial charge in [0.25, 0.3) is 5.91 Å². The highest BCUT2D eigenvalue weighted by molar-refractivity contribution is 9.10. The van der Waals surface area contributed by atoms with Gasteiger partial charge in [-0.15, -0.1) is 0 Å². The van der Waals surface area contributed by atoms with Crippen LogP contribution in [0.25, 0.3) is 0 Å². The molecule has 0 radical (unpaired) electrons. The van der Waals surface area contributed by atoms with Gasteiger partial charge in [0.2, 0.25) is 0 Å². The highest BCUT2D eigenvalue weighted by Crippen LogP contribution is 2.36. The van der Waals surface area contributed by atoms with Crippen molar-refractivity contribution in [3.63, 3.8) is 0 Å². The van der Waals surface area contributed by atoms with Gasteiger partial charge in [-0.05, 0) is 42.8 Å². The van der Waals surface area contributed by atoms with Crippen LogP contribution < -0.4 is 0 Å². The molecule has 1 aliphatic heterocycles. The minimum Gasteiger partial charge on any atom is -0.365 e. The number of aromatic nitrogens is 1. The Hall–Kier alpha value is -2.05. The third-order valence-electron chi connectivity index (χ3n) is 3.88. The highest BCUT2D eigenvalue weighted by Gasteiger charge is 2.45. The van der Waals surface area contributed by atoms with Crippen LogP contribution in [0.4, 0.5) is 0 Å². The van der Waals surface area contributed by atoms with E-state index in [1.807, 2.05) is 6.92 Å². The van der Waals surface area contributed by atoms with Crippen LogP contribution in [-0.4, -0.2) is 26.7 Å². The molecule has 0 unspecified atom stereocenters. The maximum Gasteiger partial charge on any atom is 0.276 e. The minimum absolute atomic E-state index is 0.301. The number of aliphatic hydroxyl groups is 1. The third-order valence-corrected chi connectivity index (χ3v) is 4.41. The molecule has 0 aliphatic carbocycles. The number of carbonyl (C=O) groups excluding carboxylic acids is 1. The molecule has 3 rings (SSSR count). The van der Waals surface area contributed by atoms with Crippen molar-refractivity contribution in [2.75, 3.05) is 0 Å². The zero-order valence-electron chi connectivity index (χ0n) is 12.6. The highest BCUT2D eigenvalue weighted by atomic mass is 79.9. The van der Waals surface area contributed by atoms with E-state index in [-0.39, 0.29) is 5.91 Å². The number of hydrazone groups is 1. The van der Waals surface area contributed by atoms with Crippen molar-refractivity contribution < 1.29 is 9.90 Å². The second-order valence-electron chi connectivity index (χ2n) is 5.37. The van der Waals surface area contributed by atoms with Crippen LogP contribution >= 0.6 is 15.9 Å². The number of halogens is 1. The first kappa shape index (κ1) is 15.8. The van der Waals surface area contributed by atoms with Crippen molar-refractivity contribution >= 4 is 27.5 Å². The average molecular weight is 374 g/mol. The lowest BCUT2D eigenvalue weighted by Gasteiger charge is -2.31. The summed E-state index contributed by atoms with van der Waals surface area (Å²) in [5.41, 5.74) is 0.389. The number of hydrogen-bond donors (Lipinski definition) is 1. The Balaban J connectivity index is 2.01. The summed E-state index contributed by atoms with van der Waals surface area (Å²) in [6, 6.07) is 10.4. The van der Waals surface area contributed by atoms with Crippen molar-refractivity contribution in [1.82, 2.24) is 9.99 Å². The number of carbonyl (C=O) groups is 1. The fourth-order valence-electron chi connectivity index (χ4n) is 2.59. The van der Waals surface area contributed by atoms with Gasteiger partial charge in [-0.2, -0.15) is 10.1 Å². The fraction of sp³-hybridized carbons (Fsp3) is 0.235. The first-order chi connectivity index (χ1) is 11.0. The smallest absolute Gasteiger partial charge is 0.276 e. The zero-order valence-corrected chi connectivity index (χ0v) is 14.2. The first-order valence-corrected chi connectivity index (χ1v) is 8.13. The van der Waals surface area contributed by atoms with E-state index < -0.39 is 5.72 Å². The molecule has 1 aliphatic rings. The van der Waals surface area contributed by atoms with Crippen LogP contribution in [0.3, 0.4) is 0 Å². The van der Waals surface area contributed by atoms with Gasteiger partial charge < -0.3 is 5.11 Å². The summed E-state index contributed by atoms with van der Waals surface area (Å²) in [6.07, 6.45) is 4.17. The Morgan fingerprint density at radius 3 is 2.52 bits per heavy atom. The van der Waals surface area contributed by atoms with E-state index in [1.54, 1.807) is 48.8 Å². The number of hydrogen-bond acceptors (Lipinski definition) is 4. The van der Waals surface area contributed by atoms with Gasteiger partial charge in [-0.25, -0.2) is 0 Å². The summed E-state index contributed by atoms with van der Waals surface area (Å²) in [7, 11) is 0. The predicted octanol–water partition coefficient (Wildman–Crippen LogP) is 3.30. The molecule has 0 saturated carbocycles. The van der Waals surface area contributed by atoms with Crippen molar-refractivity contribution in [1.29, 1.82) is 0 Å². The summed E-state index contributed by atoms with van der Waals surface area (Å²) in [5, 5.41) is 16.7. The summed E-state index contributed by atoms with van der Waals surface area (Å²) in [4.78, 5) is 16.8. The van der Waals surface area contributed by atoms with Crippen LogP contribution in [0.15, 0.2) is 58.4 Å². The van der Waals surface area contributed by atoms with Crippen molar-refractivity contribution in [2.24, 2.45) is 5.10 Å². The van der Waals surface area contributed by atoms with E-state index in [0.29, 0.717) is 24.0 Å². The SMILES string of the molecule is CCC1=NN(C(=O)c2ccc(Br)cc2)[C@@](O)(c2ccncc2)C1. The molecule has 1 amide bonds. The van der Waals surface area contributed by atoms with Crippen LogP contribution in [0.2, 0.25) is 0 Å². The largest absolute Gasteiger partial charge is 0.365 e. The molecule has 1 N–H and O–H groups in total. The van der Waals surface area contributed by atoms with Crippen molar-refractivity contribution in [3.8, 4) is 0 Å². The third kappa shape index (κ3) is 2.92. The molecule has 1 atom stereocenters. The second-order valence-corrected chi connectivity index (χ2v) is 6.29. The molecule has 0 spiro atoms. The molecular weight excluding hydrogens is 358 g/mol. The zero-order chi connectivity index (χ0) is 16.4. The predicted molar refractivity (Wildman–Crippen MR) is 90.8 cm³/mol. The Kier molecular flexibility index (Phi) is 4.28. The summed E-state index contributed by atoms with van der Waals surface area (Å²) < 4.78 is 0.887. The van der Waals surface area contributed by atoms with E-state index >= 15 is 0 Å². The number of rotatable bonds is 3. The van der Waals surface area contributed by atoms with E-state index in [4.69, 9.17) is 0 Å². The molecule has 1 aromatic carbocycles. The standard InChI is InChI=1S/C17H16BrN3O2/c1-2-15-11-17(23,13-7-9-19-10-8-13)21(20-15)16(22)12-3-5-14(18)6-4-12/h3-10,23H,2,11H2,1H3/t17-/m0/s1. The molecule has 23 heavy (non-hydrogen) atoms. The van der Waals surface area contributed by atoms with Crippen LogP contribution in [-0.2, 0) is 5.72 Å². The van der Waals surface area contributed by atoms with Crippen molar-refractivity contribution in [2.45, 2.75) is 25.5 Å². The van der Waals surface area contributed by atoms with E-state index in [1.165, 1.54) is 5.01 Å². The maximum absolute atomic E-state index is 12.8. The molecule has 0 bridgehead atoms. The van der Waals surface area contributed by atoms with Gasteiger partial charge >= 0.3 is 0 Å². The molecule has 118 valence electrons. The van der Waals surface area contributed by atoms with Crippen LogP contribution in [0, 0.1) is 0 Å². The summed E-state index contributed by atoms with van der Waals surface area (Å²) >= 11 is 3.35. The second kappa shape index (κ2) is 6.22. The number of nitrogens with zero attached hydrogens (tertiary/aromatic N) is 3. The maximum atomic E-state index is 12.8. The topological polar surface area (TPSA) is 65.8 Å². The van der Waals surface area contributed by atoms with Gasteiger partial charge in [0.1, 0.15) is 0 Å². The lowest BCUT2D eigenvalue weighted by Crippen LogP contribution is -2.43. The monoisotopic (exact) mass is 373 g/mol. The van der Waals surface area contributed by atoms with Crippen LogP contribution in [0.1, 0.15) is 35.7 Å². The Bertz CT molecular complexity index is 746. The molecule has 5 nitrogen and oxygen atoms in total. The number of pyridine rings is 1. The van der Waals surface area contributed by atoms with Gasteiger partial charge in [0, 0.05) is 40.1 Å². The molecule has 0 saturated heterocycles. The lowest BCUT2D eigenvalue weighted by atomic mass is 9.97. The molecule has 6 heteroatoms. The fourth-order valence-corrected chi connectivity index (χ4v) is 2.85. The Labute approximate surface area is 142 Å². The summed E-state index contributed by atoms with van der Waals surface area (Å²) in [6.45, 7) is 1.96. The first-order valence-electron chi connectivity index (χ1n) is 7.34. The van der Waals surface area contributed by atoms with E-state index in [9.17, 15) is 9.90 Å². The molecule has 2 aromatic rings. The van der Waals surface area contributed by atoms with Gasteiger partial charge in [0.15, 0.2) is 5.72 Å². The quantitative estimate of drug-likeness (QED) is 0.897. The van der Waals surface area contributed by atoms with E-state index in [2.05, 4.69) is 26.0 Å². The van der Waals surface area contributed by atoms with Gasteiger partial charge in [-0.1, -0.05) is 22.9 Å². The van der Waals surface area contributed by atoms with Crippen LogP contribution in [0.5, 0.6) is 0 Å². The normalized spacial score (nSPS) is 20.5. The van der Waals surface area contributed by atoms with Gasteiger partial charge in [0.05, 0.1) is 0 Å². The van der Waals surface area contributed by atoms with Gasteiger partial charge in [-0.3, -0.25) is 9.78 Å². The van der Waals surface area contributed by atoms with E-state index in [0.717, 1.165) is 10.2 Å². The number of benzene rings is 1. The number of amides is 1. The average Bonchev–Trinajstić information content (AvgIpc) is 2.94. The Morgan fingerprint density at radius 1 is 1.26 bits per heavy atom. The molecule has 0 fully saturated rings.